The third-order valence-electron chi connectivity index (χ3n) is 2.89. The summed E-state index contributed by atoms with van der Waals surface area (Å²) in [6, 6.07) is 2.64. The molecule has 0 spiro atoms. The number of fused-ring (bicyclic) bond motifs is 1. The average Bonchev–Trinajstić information content (AvgIpc) is 2.63. The molecule has 1 aromatic rings. The molecular formula is C12H18N2. The van der Waals surface area contributed by atoms with E-state index in [4.69, 9.17) is 4.99 Å². The highest BCUT2D eigenvalue weighted by Crippen LogP contribution is 2.23. The summed E-state index contributed by atoms with van der Waals surface area (Å²) < 4.78 is 0. The van der Waals surface area contributed by atoms with Gasteiger partial charge in [-0.3, -0.25) is 4.99 Å². The van der Waals surface area contributed by atoms with Gasteiger partial charge in [-0.05, 0) is 18.4 Å². The molecule has 1 aliphatic heterocycles. The van der Waals surface area contributed by atoms with Crippen LogP contribution in [-0.2, 0) is 6.42 Å². The van der Waals surface area contributed by atoms with Crippen molar-refractivity contribution in [3.63, 3.8) is 0 Å². The molecule has 1 atom stereocenters. The number of aliphatic imine (C=N–C) groups is 1. The minimum Gasteiger partial charge on any atom is -0.364 e. The van der Waals surface area contributed by atoms with Crippen LogP contribution in [0.25, 0.3) is 0 Å². The summed E-state index contributed by atoms with van der Waals surface area (Å²) in [4.78, 5) is 8.14. The van der Waals surface area contributed by atoms with Gasteiger partial charge in [0.2, 0.25) is 0 Å². The monoisotopic (exact) mass is 190 g/mol. The van der Waals surface area contributed by atoms with Gasteiger partial charge in [0.1, 0.15) is 0 Å². The van der Waals surface area contributed by atoms with Crippen LogP contribution in [0.4, 0.5) is 0 Å². The van der Waals surface area contributed by atoms with E-state index >= 15 is 0 Å². The highest BCUT2D eigenvalue weighted by molar-refractivity contribution is 6.03. The van der Waals surface area contributed by atoms with Crippen LogP contribution in [-0.4, -0.2) is 16.7 Å². The first-order valence-electron chi connectivity index (χ1n) is 5.46. The Kier molecular flexibility index (Phi) is 2.44. The Morgan fingerprint density at radius 2 is 2.36 bits per heavy atom. The van der Waals surface area contributed by atoms with E-state index < -0.39 is 0 Å². The molecule has 0 aliphatic carbocycles. The van der Waals surface area contributed by atoms with E-state index in [9.17, 15) is 0 Å². The van der Waals surface area contributed by atoms with E-state index in [1.54, 1.807) is 0 Å². The van der Waals surface area contributed by atoms with E-state index in [2.05, 4.69) is 31.8 Å². The molecule has 76 valence electrons. The summed E-state index contributed by atoms with van der Waals surface area (Å²) in [6.45, 7) is 6.64. The Morgan fingerprint density at radius 3 is 3.00 bits per heavy atom. The Bertz CT molecular complexity index is 347. The van der Waals surface area contributed by atoms with Crippen LogP contribution in [0, 0.1) is 5.92 Å². The fourth-order valence-electron chi connectivity index (χ4n) is 2.06. The molecule has 14 heavy (non-hydrogen) atoms. The van der Waals surface area contributed by atoms with Crippen LogP contribution in [0.15, 0.2) is 17.3 Å². The normalized spacial score (nSPS) is 20.9. The molecule has 0 bridgehead atoms. The number of nitrogens with zero attached hydrogens (tertiary/aromatic N) is 1. The third kappa shape index (κ3) is 1.49. The molecule has 0 radical (unpaired) electrons. The molecule has 2 rings (SSSR count). The molecule has 2 heteroatoms. The zero-order chi connectivity index (χ0) is 10.1. The highest BCUT2D eigenvalue weighted by Gasteiger charge is 2.22. The first kappa shape index (κ1) is 9.50. The van der Waals surface area contributed by atoms with Crippen LogP contribution < -0.4 is 0 Å². The van der Waals surface area contributed by atoms with Crippen molar-refractivity contribution in [1.29, 1.82) is 0 Å². The van der Waals surface area contributed by atoms with Crippen molar-refractivity contribution in [3.8, 4) is 0 Å². The highest BCUT2D eigenvalue weighted by atomic mass is 14.8. The SMILES string of the molecule is CCC1Cc2[nH]ccc2C(C(C)C)=N1. The lowest BCUT2D eigenvalue weighted by Crippen LogP contribution is -2.23. The van der Waals surface area contributed by atoms with Crippen LogP contribution in [0.3, 0.4) is 0 Å². The lowest BCUT2D eigenvalue weighted by molar-refractivity contribution is 0.623. The van der Waals surface area contributed by atoms with E-state index in [1.807, 2.05) is 6.20 Å². The van der Waals surface area contributed by atoms with Gasteiger partial charge in [-0.1, -0.05) is 20.8 Å². The molecular weight excluding hydrogens is 172 g/mol. The zero-order valence-corrected chi connectivity index (χ0v) is 9.17. The van der Waals surface area contributed by atoms with Crippen LogP contribution in [0.1, 0.15) is 38.4 Å². The number of hydrogen-bond donors (Lipinski definition) is 1. The molecule has 2 nitrogen and oxygen atoms in total. The van der Waals surface area contributed by atoms with Gasteiger partial charge in [0.05, 0.1) is 6.04 Å². The van der Waals surface area contributed by atoms with Gasteiger partial charge in [-0.2, -0.15) is 0 Å². The topological polar surface area (TPSA) is 28.1 Å². The molecule has 1 N–H and O–H groups in total. The van der Waals surface area contributed by atoms with E-state index in [0.717, 1.165) is 12.8 Å². The molecule has 2 heterocycles. The van der Waals surface area contributed by atoms with E-state index in [1.165, 1.54) is 17.0 Å². The summed E-state index contributed by atoms with van der Waals surface area (Å²) in [6.07, 6.45) is 4.24. The maximum atomic E-state index is 4.81. The smallest absolute Gasteiger partial charge is 0.0555 e. The van der Waals surface area contributed by atoms with Gasteiger partial charge in [-0.15, -0.1) is 0 Å². The first-order chi connectivity index (χ1) is 6.72. The average molecular weight is 190 g/mol. The van der Waals surface area contributed by atoms with Crippen molar-refractivity contribution >= 4 is 5.71 Å². The van der Waals surface area contributed by atoms with Gasteiger partial charge in [0, 0.05) is 29.6 Å². The number of H-pyrrole nitrogens is 1. The van der Waals surface area contributed by atoms with Crippen molar-refractivity contribution < 1.29 is 0 Å². The van der Waals surface area contributed by atoms with Gasteiger partial charge in [0.25, 0.3) is 0 Å². The van der Waals surface area contributed by atoms with Crippen molar-refractivity contribution in [2.75, 3.05) is 0 Å². The number of hydrogen-bond acceptors (Lipinski definition) is 1. The lowest BCUT2D eigenvalue weighted by atomic mass is 9.93. The lowest BCUT2D eigenvalue weighted by Gasteiger charge is -2.22. The Hall–Kier alpha value is -1.05. The summed E-state index contributed by atoms with van der Waals surface area (Å²) in [5.41, 5.74) is 3.99. The van der Waals surface area contributed by atoms with E-state index in [0.29, 0.717) is 12.0 Å². The number of aromatic amines is 1. The molecule has 1 unspecified atom stereocenters. The summed E-state index contributed by atoms with van der Waals surface area (Å²) >= 11 is 0. The predicted molar refractivity (Wildman–Crippen MR) is 60.0 cm³/mol. The van der Waals surface area contributed by atoms with Crippen LogP contribution in [0.5, 0.6) is 0 Å². The second-order valence-electron chi connectivity index (χ2n) is 4.31. The van der Waals surface area contributed by atoms with Crippen molar-refractivity contribution in [2.45, 2.75) is 39.7 Å². The van der Waals surface area contributed by atoms with Gasteiger partial charge < -0.3 is 4.98 Å². The van der Waals surface area contributed by atoms with E-state index in [-0.39, 0.29) is 0 Å². The second-order valence-corrected chi connectivity index (χ2v) is 4.31. The second kappa shape index (κ2) is 3.60. The molecule has 1 aliphatic rings. The quantitative estimate of drug-likeness (QED) is 0.743. The summed E-state index contributed by atoms with van der Waals surface area (Å²) in [7, 11) is 0. The molecule has 0 aromatic carbocycles. The third-order valence-corrected chi connectivity index (χ3v) is 2.89. The number of aromatic nitrogens is 1. The van der Waals surface area contributed by atoms with Crippen molar-refractivity contribution in [2.24, 2.45) is 10.9 Å². The first-order valence-corrected chi connectivity index (χ1v) is 5.46. The molecule has 0 saturated carbocycles. The zero-order valence-electron chi connectivity index (χ0n) is 9.17. The van der Waals surface area contributed by atoms with Gasteiger partial charge in [0.15, 0.2) is 0 Å². The molecule has 1 aromatic heterocycles. The Balaban J connectivity index is 2.40. The summed E-state index contributed by atoms with van der Waals surface area (Å²) in [5, 5.41) is 0. The largest absolute Gasteiger partial charge is 0.364 e. The molecule has 0 fully saturated rings. The maximum absolute atomic E-state index is 4.81. The van der Waals surface area contributed by atoms with Crippen molar-refractivity contribution in [3.05, 3.63) is 23.5 Å². The number of nitrogens with one attached hydrogen (secondary N) is 1. The van der Waals surface area contributed by atoms with Gasteiger partial charge in [-0.25, -0.2) is 0 Å². The standard InChI is InChI=1S/C12H18N2/c1-4-9-7-11-10(5-6-13-11)12(14-9)8(2)3/h5-6,8-9,13H,4,7H2,1-3H3. The van der Waals surface area contributed by atoms with Crippen LogP contribution in [0.2, 0.25) is 0 Å². The number of rotatable bonds is 2. The molecule has 0 amide bonds. The fraction of sp³-hybridized carbons (Fsp3) is 0.583. The van der Waals surface area contributed by atoms with Gasteiger partial charge >= 0.3 is 0 Å². The molecule has 0 saturated heterocycles. The van der Waals surface area contributed by atoms with Crippen molar-refractivity contribution in [1.82, 2.24) is 4.98 Å². The van der Waals surface area contributed by atoms with Crippen LogP contribution >= 0.6 is 0 Å². The summed E-state index contributed by atoms with van der Waals surface area (Å²) in [5.74, 6) is 0.527. The minimum absolute atomic E-state index is 0.485. The predicted octanol–water partition coefficient (Wildman–Crippen LogP) is 2.79. The minimum atomic E-state index is 0.485. The Labute approximate surface area is 85.4 Å². The Morgan fingerprint density at radius 1 is 1.57 bits per heavy atom. The fourth-order valence-corrected chi connectivity index (χ4v) is 2.06. The maximum Gasteiger partial charge on any atom is 0.0555 e.